The normalized spacial score (nSPS) is 21.4. The Balaban J connectivity index is 1.52. The number of nitrogens with one attached hydrogen (secondary N) is 1. The van der Waals surface area contributed by atoms with Crippen molar-refractivity contribution in [2.75, 3.05) is 32.6 Å². The fraction of sp³-hybridized carbons (Fsp3) is 0.714. The molecule has 4 nitrogen and oxygen atoms in total. The molecule has 0 bridgehead atoms. The number of anilines is 1. The smallest absolute Gasteiger partial charge is 0.145 e. The van der Waals surface area contributed by atoms with Crippen LogP contribution in [-0.4, -0.2) is 44.3 Å². The monoisotopic (exact) mass is 346 g/mol. The summed E-state index contributed by atoms with van der Waals surface area (Å²) in [6.07, 6.45) is 12.4. The standard InChI is InChI=1S/C21H34N2O2/c1-24-19-10-11-20(21(16-19)25-2)22-17-12-14-23(15-13-17)18-8-6-4-3-5-7-9-18/h10-11,16-18,22H,3-9,12-15H2,1-2H3. The second kappa shape index (κ2) is 9.33. The molecule has 0 amide bonds. The molecule has 0 aromatic heterocycles. The average molecular weight is 347 g/mol. The number of piperidine rings is 1. The summed E-state index contributed by atoms with van der Waals surface area (Å²) in [7, 11) is 3.41. The van der Waals surface area contributed by atoms with Gasteiger partial charge in [0, 0.05) is 31.2 Å². The zero-order valence-electron chi connectivity index (χ0n) is 15.9. The first-order valence-electron chi connectivity index (χ1n) is 10.0. The van der Waals surface area contributed by atoms with Gasteiger partial charge in [0.1, 0.15) is 11.5 Å². The molecule has 1 aliphatic carbocycles. The van der Waals surface area contributed by atoms with E-state index in [0.717, 1.165) is 23.2 Å². The number of ether oxygens (including phenoxy) is 2. The minimum Gasteiger partial charge on any atom is -0.497 e. The van der Waals surface area contributed by atoms with Gasteiger partial charge in [-0.15, -0.1) is 0 Å². The fourth-order valence-corrected chi connectivity index (χ4v) is 4.35. The average Bonchev–Trinajstić information content (AvgIpc) is 2.63. The Morgan fingerprint density at radius 2 is 1.56 bits per heavy atom. The molecule has 25 heavy (non-hydrogen) atoms. The molecule has 1 aliphatic heterocycles. The van der Waals surface area contributed by atoms with Crippen LogP contribution in [-0.2, 0) is 0 Å². The van der Waals surface area contributed by atoms with Crippen LogP contribution in [0.25, 0.3) is 0 Å². The van der Waals surface area contributed by atoms with E-state index in [-0.39, 0.29) is 0 Å². The molecule has 0 spiro atoms. The van der Waals surface area contributed by atoms with Crippen LogP contribution in [0.5, 0.6) is 11.5 Å². The third-order valence-electron chi connectivity index (χ3n) is 5.89. The van der Waals surface area contributed by atoms with Crippen molar-refractivity contribution in [2.45, 2.75) is 69.9 Å². The van der Waals surface area contributed by atoms with Gasteiger partial charge in [0.2, 0.25) is 0 Å². The van der Waals surface area contributed by atoms with E-state index in [4.69, 9.17) is 9.47 Å². The minimum atomic E-state index is 0.534. The molecular weight excluding hydrogens is 312 g/mol. The maximum Gasteiger partial charge on any atom is 0.145 e. The lowest BCUT2D eigenvalue weighted by molar-refractivity contribution is 0.133. The van der Waals surface area contributed by atoms with E-state index in [2.05, 4.69) is 16.3 Å². The summed E-state index contributed by atoms with van der Waals surface area (Å²) >= 11 is 0. The number of rotatable bonds is 5. The van der Waals surface area contributed by atoms with Crippen LogP contribution >= 0.6 is 0 Å². The summed E-state index contributed by atoms with van der Waals surface area (Å²) in [4.78, 5) is 2.76. The van der Waals surface area contributed by atoms with Gasteiger partial charge in [-0.2, -0.15) is 0 Å². The van der Waals surface area contributed by atoms with Crippen molar-refractivity contribution in [3.05, 3.63) is 18.2 Å². The van der Waals surface area contributed by atoms with Crippen LogP contribution in [0.3, 0.4) is 0 Å². The molecule has 1 aromatic carbocycles. The third-order valence-corrected chi connectivity index (χ3v) is 5.89. The Kier molecular flexibility index (Phi) is 6.85. The van der Waals surface area contributed by atoms with E-state index in [0.29, 0.717) is 6.04 Å². The van der Waals surface area contributed by atoms with E-state index in [1.54, 1.807) is 14.2 Å². The van der Waals surface area contributed by atoms with Crippen molar-refractivity contribution in [2.24, 2.45) is 0 Å². The summed E-state index contributed by atoms with van der Waals surface area (Å²) in [5, 5.41) is 3.69. The van der Waals surface area contributed by atoms with E-state index in [1.807, 2.05) is 12.1 Å². The highest BCUT2D eigenvalue weighted by Gasteiger charge is 2.25. The Labute approximate surface area is 152 Å². The maximum absolute atomic E-state index is 5.52. The quantitative estimate of drug-likeness (QED) is 0.838. The highest BCUT2D eigenvalue weighted by molar-refractivity contribution is 5.59. The van der Waals surface area contributed by atoms with Crippen LogP contribution < -0.4 is 14.8 Å². The van der Waals surface area contributed by atoms with Crippen molar-refractivity contribution in [3.8, 4) is 11.5 Å². The summed E-state index contributed by atoms with van der Waals surface area (Å²) in [5.74, 6) is 1.70. The van der Waals surface area contributed by atoms with Crippen LogP contribution in [0, 0.1) is 0 Å². The minimum absolute atomic E-state index is 0.534. The van der Waals surface area contributed by atoms with E-state index >= 15 is 0 Å². The number of benzene rings is 1. The highest BCUT2D eigenvalue weighted by atomic mass is 16.5. The second-order valence-electron chi connectivity index (χ2n) is 7.52. The zero-order valence-corrected chi connectivity index (χ0v) is 15.9. The molecule has 0 atom stereocenters. The predicted molar refractivity (Wildman–Crippen MR) is 104 cm³/mol. The molecule has 0 radical (unpaired) electrons. The molecule has 140 valence electrons. The van der Waals surface area contributed by atoms with Gasteiger partial charge in [0.25, 0.3) is 0 Å². The van der Waals surface area contributed by atoms with E-state index in [1.165, 1.54) is 70.9 Å². The second-order valence-corrected chi connectivity index (χ2v) is 7.52. The van der Waals surface area contributed by atoms with Crippen molar-refractivity contribution in [1.29, 1.82) is 0 Å². The lowest BCUT2D eigenvalue weighted by atomic mass is 9.93. The molecule has 1 heterocycles. The largest absolute Gasteiger partial charge is 0.497 e. The van der Waals surface area contributed by atoms with Gasteiger partial charge in [-0.25, -0.2) is 0 Å². The zero-order chi connectivity index (χ0) is 17.5. The van der Waals surface area contributed by atoms with Crippen molar-refractivity contribution in [1.82, 2.24) is 4.90 Å². The van der Waals surface area contributed by atoms with Crippen LogP contribution in [0.15, 0.2) is 18.2 Å². The molecule has 3 rings (SSSR count). The SMILES string of the molecule is COc1ccc(NC2CCN(C3CCCCCCC3)CC2)c(OC)c1. The summed E-state index contributed by atoms with van der Waals surface area (Å²) < 4.78 is 10.8. The topological polar surface area (TPSA) is 33.7 Å². The van der Waals surface area contributed by atoms with Crippen molar-refractivity contribution >= 4 is 5.69 Å². The fourth-order valence-electron chi connectivity index (χ4n) is 4.35. The number of hydrogen-bond acceptors (Lipinski definition) is 4. The van der Waals surface area contributed by atoms with E-state index < -0.39 is 0 Å². The Hall–Kier alpha value is -1.42. The van der Waals surface area contributed by atoms with Gasteiger partial charge in [0.05, 0.1) is 19.9 Å². The Morgan fingerprint density at radius 3 is 2.20 bits per heavy atom. The molecule has 0 unspecified atom stereocenters. The maximum atomic E-state index is 5.52. The van der Waals surface area contributed by atoms with Crippen LogP contribution in [0.4, 0.5) is 5.69 Å². The van der Waals surface area contributed by atoms with Crippen LogP contribution in [0.2, 0.25) is 0 Å². The lowest BCUT2D eigenvalue weighted by Crippen LogP contribution is -2.44. The van der Waals surface area contributed by atoms with Gasteiger partial charge >= 0.3 is 0 Å². The first-order valence-corrected chi connectivity index (χ1v) is 10.0. The molecule has 2 aliphatic rings. The number of likely N-dealkylation sites (tertiary alicyclic amines) is 1. The predicted octanol–water partition coefficient (Wildman–Crippen LogP) is 4.69. The number of methoxy groups -OCH3 is 2. The van der Waals surface area contributed by atoms with Crippen LogP contribution in [0.1, 0.15) is 57.8 Å². The van der Waals surface area contributed by atoms with Gasteiger partial charge in [-0.1, -0.05) is 32.1 Å². The summed E-state index contributed by atoms with van der Waals surface area (Å²) in [5.41, 5.74) is 1.08. The number of nitrogens with zero attached hydrogens (tertiary/aromatic N) is 1. The first kappa shape index (κ1) is 18.4. The van der Waals surface area contributed by atoms with E-state index in [9.17, 15) is 0 Å². The molecule has 1 saturated heterocycles. The molecule has 4 heteroatoms. The number of hydrogen-bond donors (Lipinski definition) is 1. The molecule has 1 saturated carbocycles. The van der Waals surface area contributed by atoms with Crippen molar-refractivity contribution in [3.63, 3.8) is 0 Å². The van der Waals surface area contributed by atoms with Gasteiger partial charge in [0.15, 0.2) is 0 Å². The molecule has 2 fully saturated rings. The van der Waals surface area contributed by atoms with Crippen molar-refractivity contribution < 1.29 is 9.47 Å². The van der Waals surface area contributed by atoms with Gasteiger partial charge in [-0.3, -0.25) is 0 Å². The summed E-state index contributed by atoms with van der Waals surface area (Å²) in [6.45, 7) is 2.45. The highest BCUT2D eigenvalue weighted by Crippen LogP contribution is 2.31. The summed E-state index contributed by atoms with van der Waals surface area (Å²) in [6, 6.07) is 7.38. The Morgan fingerprint density at radius 1 is 0.880 bits per heavy atom. The molecular formula is C21H34N2O2. The third kappa shape index (κ3) is 5.04. The molecule has 1 N–H and O–H groups in total. The molecule has 1 aromatic rings. The van der Waals surface area contributed by atoms with Gasteiger partial charge < -0.3 is 19.7 Å². The lowest BCUT2D eigenvalue weighted by Gasteiger charge is -2.39. The Bertz CT molecular complexity index is 519. The van der Waals surface area contributed by atoms with Gasteiger partial charge in [-0.05, 0) is 37.8 Å². The first-order chi connectivity index (χ1) is 12.3.